The molecule has 3 saturated carbocycles. The van der Waals surface area contributed by atoms with Gasteiger partial charge in [-0.3, -0.25) is 4.79 Å². The van der Waals surface area contributed by atoms with Gasteiger partial charge in [-0.15, -0.1) is 0 Å². The molecule has 0 bridgehead atoms. The molecule has 3 fully saturated rings. The second kappa shape index (κ2) is 12.2. The van der Waals surface area contributed by atoms with Crippen molar-refractivity contribution in [2.75, 3.05) is 0 Å². The minimum atomic E-state index is 0.0920. The minimum Gasteiger partial charge on any atom is -0.457 e. The number of carbonyl (C=O) groups is 1. The van der Waals surface area contributed by atoms with Crippen LogP contribution in [0.15, 0.2) is 60.2 Å². The molecule has 8 atom stereocenters. The number of halogens is 3. The van der Waals surface area contributed by atoms with Gasteiger partial charge in [0.25, 0.3) is 0 Å². The predicted molar refractivity (Wildman–Crippen MR) is 171 cm³/mol. The Bertz CT molecular complexity index is 1380. The lowest BCUT2D eigenvalue weighted by molar-refractivity contribution is -0.128. The van der Waals surface area contributed by atoms with Crippen molar-refractivity contribution in [3.8, 4) is 11.5 Å². The summed E-state index contributed by atoms with van der Waals surface area (Å²) in [5.41, 5.74) is 2.70. The number of allylic oxidation sites excluding steroid dienone is 4. The molecule has 6 heteroatoms. The monoisotopic (exact) mass is 623 g/mol. The Morgan fingerprint density at radius 1 is 0.881 bits per heavy atom. The van der Waals surface area contributed by atoms with E-state index < -0.39 is 0 Å². The number of para-hydroxylation sites is 1. The van der Waals surface area contributed by atoms with Crippen molar-refractivity contribution >= 4 is 40.7 Å². The van der Waals surface area contributed by atoms with Gasteiger partial charge < -0.3 is 10.1 Å². The quantitative estimate of drug-likeness (QED) is 0.265. The average molecular weight is 625 g/mol. The highest BCUT2D eigenvalue weighted by Crippen LogP contribution is 2.58. The van der Waals surface area contributed by atoms with Crippen molar-refractivity contribution < 1.29 is 9.53 Å². The zero-order chi connectivity index (χ0) is 28.8. The third-order valence-electron chi connectivity index (χ3n) is 11.4. The topological polar surface area (TPSA) is 38.3 Å². The Morgan fingerprint density at radius 3 is 2.52 bits per heavy atom. The van der Waals surface area contributed by atoms with Crippen molar-refractivity contribution in [3.63, 3.8) is 0 Å². The SMILES string of the molecule is O=C(NCc1ccccc1Oc1cc(Cl)c(Cl)c(Cl)c1)C1CCC2CCC3C4CCC5CCC=CC5C4=CCC3C2C1. The van der Waals surface area contributed by atoms with Crippen molar-refractivity contribution in [3.05, 3.63) is 80.8 Å². The van der Waals surface area contributed by atoms with Gasteiger partial charge in [0, 0.05) is 36.1 Å². The van der Waals surface area contributed by atoms with Crippen LogP contribution in [0.25, 0.3) is 0 Å². The third kappa shape index (κ3) is 5.55. The van der Waals surface area contributed by atoms with Crippen molar-refractivity contribution in [1.29, 1.82) is 0 Å². The lowest BCUT2D eigenvalue weighted by atomic mass is 9.51. The molecule has 42 heavy (non-hydrogen) atoms. The predicted octanol–water partition coefficient (Wildman–Crippen LogP) is 10.4. The molecule has 5 aliphatic carbocycles. The molecule has 0 spiro atoms. The minimum absolute atomic E-state index is 0.0920. The van der Waals surface area contributed by atoms with Crippen LogP contribution in [0.4, 0.5) is 0 Å². The number of hydrogen-bond acceptors (Lipinski definition) is 2. The lowest BCUT2D eigenvalue weighted by Gasteiger charge is -2.54. The van der Waals surface area contributed by atoms with Crippen LogP contribution in [0.1, 0.15) is 69.8 Å². The molecule has 7 rings (SSSR count). The van der Waals surface area contributed by atoms with E-state index in [4.69, 9.17) is 39.5 Å². The number of nitrogens with one attached hydrogen (secondary N) is 1. The summed E-state index contributed by atoms with van der Waals surface area (Å²) < 4.78 is 6.12. The summed E-state index contributed by atoms with van der Waals surface area (Å²) in [6, 6.07) is 11.1. The number of ether oxygens (including phenoxy) is 1. The maximum atomic E-state index is 13.6. The summed E-state index contributed by atoms with van der Waals surface area (Å²) in [7, 11) is 0. The van der Waals surface area contributed by atoms with E-state index in [1.54, 1.807) is 17.7 Å². The van der Waals surface area contributed by atoms with Gasteiger partial charge in [0.05, 0.1) is 15.1 Å². The summed E-state index contributed by atoms with van der Waals surface area (Å²) >= 11 is 18.5. The van der Waals surface area contributed by atoms with Crippen LogP contribution in [0, 0.1) is 47.3 Å². The van der Waals surface area contributed by atoms with Crippen molar-refractivity contribution in [2.24, 2.45) is 47.3 Å². The van der Waals surface area contributed by atoms with E-state index >= 15 is 0 Å². The van der Waals surface area contributed by atoms with E-state index in [2.05, 4.69) is 23.5 Å². The number of carbonyl (C=O) groups excluding carboxylic acids is 1. The molecular weight excluding hydrogens is 585 g/mol. The van der Waals surface area contributed by atoms with E-state index in [9.17, 15) is 4.79 Å². The van der Waals surface area contributed by atoms with Crippen molar-refractivity contribution in [1.82, 2.24) is 5.32 Å². The van der Waals surface area contributed by atoms with Crippen molar-refractivity contribution in [2.45, 2.75) is 70.8 Å². The smallest absolute Gasteiger partial charge is 0.223 e. The van der Waals surface area contributed by atoms with Crippen LogP contribution in [0.3, 0.4) is 0 Å². The molecule has 0 aromatic heterocycles. The van der Waals surface area contributed by atoms with E-state index in [-0.39, 0.29) is 11.8 Å². The Kier molecular flexibility index (Phi) is 8.38. The molecule has 2 aromatic carbocycles. The fourth-order valence-electron chi connectivity index (χ4n) is 9.40. The van der Waals surface area contributed by atoms with Gasteiger partial charge in [-0.1, -0.05) is 76.8 Å². The summed E-state index contributed by atoms with van der Waals surface area (Å²) in [5, 5.41) is 4.25. The molecule has 1 N–H and O–H groups in total. The molecule has 0 saturated heterocycles. The fourth-order valence-corrected chi connectivity index (χ4v) is 9.97. The number of rotatable bonds is 5. The van der Waals surface area contributed by atoms with Crippen LogP contribution in [0.5, 0.6) is 11.5 Å². The second-order valence-corrected chi connectivity index (χ2v) is 14.6. The highest BCUT2D eigenvalue weighted by Gasteiger charge is 2.49. The van der Waals surface area contributed by atoms with Crippen LogP contribution in [-0.2, 0) is 11.3 Å². The maximum absolute atomic E-state index is 13.6. The maximum Gasteiger partial charge on any atom is 0.223 e. The highest BCUT2D eigenvalue weighted by molar-refractivity contribution is 6.48. The Balaban J connectivity index is 1.01. The standard InChI is InChI=1S/C36H40Cl3NO2/c37-32-18-25(19-33(38)35(32)39)42-34-8-4-2-6-24(34)20-40-36(41)23-10-9-22-12-14-29-28-13-11-21-5-1-3-7-26(21)27(28)15-16-30(29)31(22)17-23/h2-4,6-8,15,18-19,21-23,26,28-31H,1,5,9-14,16-17,20H2,(H,40,41). The second-order valence-electron chi connectivity index (χ2n) is 13.4. The van der Waals surface area contributed by atoms with E-state index in [0.29, 0.717) is 44.9 Å². The molecule has 3 nitrogen and oxygen atoms in total. The first-order valence-electron chi connectivity index (χ1n) is 16.0. The number of hydrogen-bond donors (Lipinski definition) is 1. The average Bonchev–Trinajstić information content (AvgIpc) is 3.02. The molecule has 0 heterocycles. The van der Waals surface area contributed by atoms with E-state index in [1.165, 1.54) is 51.4 Å². The first kappa shape index (κ1) is 28.8. The molecule has 1 amide bonds. The molecule has 8 unspecified atom stereocenters. The Labute approximate surface area is 265 Å². The molecule has 0 aliphatic heterocycles. The third-order valence-corrected chi connectivity index (χ3v) is 12.6. The zero-order valence-corrected chi connectivity index (χ0v) is 26.3. The van der Waals surface area contributed by atoms with Gasteiger partial charge in [0.15, 0.2) is 0 Å². The first-order chi connectivity index (χ1) is 20.5. The molecule has 5 aliphatic rings. The molecule has 2 aromatic rings. The zero-order valence-electron chi connectivity index (χ0n) is 24.0. The largest absolute Gasteiger partial charge is 0.457 e. The van der Waals surface area contributed by atoms with Gasteiger partial charge in [-0.2, -0.15) is 0 Å². The first-order valence-corrected chi connectivity index (χ1v) is 17.1. The molecule has 222 valence electrons. The van der Waals surface area contributed by atoms with Crippen LogP contribution >= 0.6 is 34.8 Å². The van der Waals surface area contributed by atoms with Crippen LogP contribution in [-0.4, -0.2) is 5.91 Å². The van der Waals surface area contributed by atoms with Gasteiger partial charge in [0.2, 0.25) is 5.91 Å². The fraction of sp³-hybridized carbons (Fsp3) is 0.528. The van der Waals surface area contributed by atoms with Crippen LogP contribution in [0.2, 0.25) is 15.1 Å². The highest BCUT2D eigenvalue weighted by atomic mass is 35.5. The number of benzene rings is 2. The summed E-state index contributed by atoms with van der Waals surface area (Å²) in [4.78, 5) is 13.6. The number of amides is 1. The van der Waals surface area contributed by atoms with Gasteiger partial charge in [-0.05, 0) is 106 Å². The van der Waals surface area contributed by atoms with Crippen LogP contribution < -0.4 is 10.1 Å². The van der Waals surface area contributed by atoms with Gasteiger partial charge >= 0.3 is 0 Å². The van der Waals surface area contributed by atoms with Gasteiger partial charge in [0.1, 0.15) is 11.5 Å². The summed E-state index contributed by atoms with van der Waals surface area (Å²) in [6.07, 6.45) is 20.3. The van der Waals surface area contributed by atoms with Gasteiger partial charge in [-0.25, -0.2) is 0 Å². The normalized spacial score (nSPS) is 33.4. The summed E-state index contributed by atoms with van der Waals surface area (Å²) in [6.45, 7) is 0.422. The number of fused-ring (bicyclic) bond motifs is 7. The Hall–Kier alpha value is -1.94. The molecular formula is C36H40Cl3NO2. The Morgan fingerprint density at radius 2 is 1.67 bits per heavy atom. The van der Waals surface area contributed by atoms with E-state index in [0.717, 1.165) is 48.0 Å². The summed E-state index contributed by atoms with van der Waals surface area (Å²) in [5.74, 6) is 6.88. The molecule has 0 radical (unpaired) electrons. The van der Waals surface area contributed by atoms with E-state index in [1.807, 2.05) is 24.3 Å². The lowest BCUT2D eigenvalue weighted by Crippen LogP contribution is -2.47.